The minimum Gasteiger partial charge on any atom is -0.370 e. The van der Waals surface area contributed by atoms with Crippen LogP contribution in [0.4, 0.5) is 0 Å². The van der Waals surface area contributed by atoms with Gasteiger partial charge in [0.05, 0.1) is 12.2 Å². The van der Waals surface area contributed by atoms with Crippen molar-refractivity contribution in [3.8, 4) is 0 Å². The molecule has 21 heavy (non-hydrogen) atoms. The topological polar surface area (TPSA) is 61.8 Å². The number of rotatable bonds is 7. The summed E-state index contributed by atoms with van der Waals surface area (Å²) in [5.74, 6) is -0.152. The van der Waals surface area contributed by atoms with Gasteiger partial charge in [-0.3, -0.25) is 9.36 Å². The van der Waals surface area contributed by atoms with Crippen LogP contribution in [-0.2, 0) is 23.1 Å². The summed E-state index contributed by atoms with van der Waals surface area (Å²) in [6.45, 7) is 0. The van der Waals surface area contributed by atoms with Crippen molar-refractivity contribution in [1.29, 1.82) is 0 Å². The molecule has 2 rings (SSSR count). The molecule has 0 bridgehead atoms. The van der Waals surface area contributed by atoms with Crippen LogP contribution in [0, 0.1) is 0 Å². The molecule has 116 valence electrons. The van der Waals surface area contributed by atoms with Gasteiger partial charge in [-0.15, -0.1) is 0 Å². The number of Topliss-reactive ketones (excluding diaryl/α,β-unsaturated/α-hetero) is 1. The zero-order valence-electron chi connectivity index (χ0n) is 12.4. The molecule has 1 heterocycles. The van der Waals surface area contributed by atoms with Crippen LogP contribution in [0.3, 0.4) is 0 Å². The summed E-state index contributed by atoms with van der Waals surface area (Å²) in [4.78, 5) is 12.0. The van der Waals surface area contributed by atoms with E-state index in [-0.39, 0.29) is 30.6 Å². The van der Waals surface area contributed by atoms with Crippen molar-refractivity contribution < 1.29 is 23.1 Å². The largest absolute Gasteiger partial charge is 0.370 e. The van der Waals surface area contributed by atoms with Crippen molar-refractivity contribution in [2.45, 2.75) is 31.5 Å². The number of carbonyl (C=O) groups is 1. The average Bonchev–Trinajstić information content (AvgIpc) is 2.96. The SMILES string of the molecule is COP(=O)(CC(=O)CC1CCC(c2ccccc2)O1)OC. The van der Waals surface area contributed by atoms with Crippen molar-refractivity contribution in [3.63, 3.8) is 0 Å². The molecule has 0 saturated carbocycles. The second-order valence-corrected chi connectivity index (χ2v) is 7.38. The van der Waals surface area contributed by atoms with E-state index in [0.29, 0.717) is 0 Å². The highest BCUT2D eigenvalue weighted by molar-refractivity contribution is 7.54. The molecule has 0 N–H and O–H groups in total. The van der Waals surface area contributed by atoms with E-state index in [1.807, 2.05) is 30.3 Å². The Bertz CT molecular complexity index is 508. The summed E-state index contributed by atoms with van der Waals surface area (Å²) >= 11 is 0. The number of benzene rings is 1. The van der Waals surface area contributed by atoms with Crippen LogP contribution in [0.1, 0.15) is 30.9 Å². The number of hydrogen-bond donors (Lipinski definition) is 0. The molecular formula is C15H21O5P. The van der Waals surface area contributed by atoms with Gasteiger partial charge in [0.25, 0.3) is 0 Å². The number of ether oxygens (including phenoxy) is 1. The third-order valence-corrected chi connectivity index (χ3v) is 5.51. The highest BCUT2D eigenvalue weighted by Crippen LogP contribution is 2.46. The van der Waals surface area contributed by atoms with Gasteiger partial charge in [-0.25, -0.2) is 0 Å². The van der Waals surface area contributed by atoms with Gasteiger partial charge >= 0.3 is 7.60 Å². The lowest BCUT2D eigenvalue weighted by molar-refractivity contribution is -0.119. The van der Waals surface area contributed by atoms with Crippen molar-refractivity contribution in [2.24, 2.45) is 0 Å². The molecule has 0 aliphatic carbocycles. The zero-order valence-corrected chi connectivity index (χ0v) is 13.3. The summed E-state index contributed by atoms with van der Waals surface area (Å²) in [6.07, 6.45) is 1.70. The molecule has 2 unspecified atom stereocenters. The van der Waals surface area contributed by atoms with Crippen molar-refractivity contribution >= 4 is 13.4 Å². The van der Waals surface area contributed by atoms with E-state index in [1.54, 1.807) is 0 Å². The predicted octanol–water partition coefficient (Wildman–Crippen LogP) is 3.35. The Hall–Kier alpha value is -1.00. The second-order valence-electron chi connectivity index (χ2n) is 5.11. The summed E-state index contributed by atoms with van der Waals surface area (Å²) in [5.41, 5.74) is 1.13. The number of carbonyl (C=O) groups excluding carboxylic acids is 1. The maximum Gasteiger partial charge on any atom is 0.337 e. The molecule has 1 aromatic carbocycles. The Kier molecular flexibility index (Phi) is 5.71. The van der Waals surface area contributed by atoms with Crippen LogP contribution in [0.15, 0.2) is 30.3 Å². The highest BCUT2D eigenvalue weighted by atomic mass is 31.2. The lowest BCUT2D eigenvalue weighted by atomic mass is 10.1. The van der Waals surface area contributed by atoms with Gasteiger partial charge < -0.3 is 13.8 Å². The minimum absolute atomic E-state index is 0.0423. The summed E-state index contributed by atoms with van der Waals surface area (Å²) in [5, 5.41) is 0. The molecule has 0 amide bonds. The molecule has 1 aliphatic rings. The maximum atomic E-state index is 12.0. The Morgan fingerprint density at radius 3 is 2.52 bits per heavy atom. The lowest BCUT2D eigenvalue weighted by Crippen LogP contribution is -2.16. The van der Waals surface area contributed by atoms with E-state index in [0.717, 1.165) is 18.4 Å². The van der Waals surface area contributed by atoms with Gasteiger partial charge in [0.1, 0.15) is 11.9 Å². The Labute approximate surface area is 125 Å². The standard InChI is InChI=1S/C15H21O5P/c1-18-21(17,19-2)11-13(16)10-14-8-9-15(20-14)12-6-4-3-5-7-12/h3-7,14-15H,8-11H2,1-2H3. The number of ketones is 1. The van der Waals surface area contributed by atoms with E-state index >= 15 is 0 Å². The van der Waals surface area contributed by atoms with Crippen LogP contribution in [-0.4, -0.2) is 32.3 Å². The lowest BCUT2D eigenvalue weighted by Gasteiger charge is -2.15. The Morgan fingerprint density at radius 1 is 1.24 bits per heavy atom. The average molecular weight is 312 g/mol. The molecular weight excluding hydrogens is 291 g/mol. The van der Waals surface area contributed by atoms with Gasteiger partial charge in [0.15, 0.2) is 0 Å². The molecule has 6 heteroatoms. The Balaban J connectivity index is 1.85. The van der Waals surface area contributed by atoms with Gasteiger partial charge in [-0.1, -0.05) is 30.3 Å². The summed E-state index contributed by atoms with van der Waals surface area (Å²) < 4.78 is 27.4. The third kappa shape index (κ3) is 4.48. The normalized spacial score (nSPS) is 22.4. The van der Waals surface area contributed by atoms with Gasteiger partial charge in [0.2, 0.25) is 0 Å². The van der Waals surface area contributed by atoms with E-state index in [1.165, 1.54) is 14.2 Å². The zero-order chi connectivity index (χ0) is 15.3. The molecule has 1 aromatic rings. The molecule has 1 saturated heterocycles. The molecule has 0 spiro atoms. The highest BCUT2D eigenvalue weighted by Gasteiger charge is 2.31. The van der Waals surface area contributed by atoms with E-state index in [4.69, 9.17) is 13.8 Å². The summed E-state index contributed by atoms with van der Waals surface area (Å²) in [6, 6.07) is 9.97. The minimum atomic E-state index is -3.27. The third-order valence-electron chi connectivity index (χ3n) is 3.66. The van der Waals surface area contributed by atoms with Crippen LogP contribution >= 0.6 is 7.60 Å². The second kappa shape index (κ2) is 7.32. The molecule has 0 radical (unpaired) electrons. The van der Waals surface area contributed by atoms with Gasteiger partial charge in [-0.2, -0.15) is 0 Å². The molecule has 2 atom stereocenters. The first-order chi connectivity index (χ1) is 10.1. The van der Waals surface area contributed by atoms with E-state index in [2.05, 4.69) is 0 Å². The number of hydrogen-bond acceptors (Lipinski definition) is 5. The predicted molar refractivity (Wildman–Crippen MR) is 79.4 cm³/mol. The van der Waals surface area contributed by atoms with Crippen molar-refractivity contribution in [3.05, 3.63) is 35.9 Å². The fraction of sp³-hybridized carbons (Fsp3) is 0.533. The van der Waals surface area contributed by atoms with Crippen LogP contribution in [0.25, 0.3) is 0 Å². The molecule has 0 aromatic heterocycles. The smallest absolute Gasteiger partial charge is 0.337 e. The van der Waals surface area contributed by atoms with Gasteiger partial charge in [0, 0.05) is 20.6 Å². The van der Waals surface area contributed by atoms with Crippen LogP contribution in [0.5, 0.6) is 0 Å². The van der Waals surface area contributed by atoms with E-state index < -0.39 is 7.60 Å². The quantitative estimate of drug-likeness (QED) is 0.723. The molecule has 5 nitrogen and oxygen atoms in total. The fourth-order valence-corrected chi connectivity index (χ4v) is 3.48. The Morgan fingerprint density at radius 2 is 1.90 bits per heavy atom. The van der Waals surface area contributed by atoms with Crippen LogP contribution in [0.2, 0.25) is 0 Å². The van der Waals surface area contributed by atoms with Crippen molar-refractivity contribution in [1.82, 2.24) is 0 Å². The van der Waals surface area contributed by atoms with Gasteiger partial charge in [-0.05, 0) is 18.4 Å². The molecule has 1 fully saturated rings. The van der Waals surface area contributed by atoms with Crippen molar-refractivity contribution in [2.75, 3.05) is 20.4 Å². The molecule has 1 aliphatic heterocycles. The van der Waals surface area contributed by atoms with Crippen LogP contribution < -0.4 is 0 Å². The van der Waals surface area contributed by atoms with E-state index in [9.17, 15) is 9.36 Å². The monoisotopic (exact) mass is 312 g/mol. The fourth-order valence-electron chi connectivity index (χ4n) is 2.51. The first-order valence-electron chi connectivity index (χ1n) is 6.99. The first kappa shape index (κ1) is 16.4. The maximum absolute atomic E-state index is 12.0. The first-order valence-corrected chi connectivity index (χ1v) is 8.72. The summed E-state index contributed by atoms with van der Waals surface area (Å²) in [7, 11) is -0.699.